The molecule has 0 N–H and O–H groups in total. The van der Waals surface area contributed by atoms with Crippen LogP contribution in [-0.4, -0.2) is 58.2 Å². The number of carbonyl (C=O) groups is 1. The van der Waals surface area contributed by atoms with Gasteiger partial charge in [0.25, 0.3) is 11.8 Å². The molecular weight excluding hydrogens is 408 g/mol. The molecule has 10 heteroatoms. The van der Waals surface area contributed by atoms with E-state index in [-0.39, 0.29) is 37.5 Å². The Bertz CT molecular complexity index is 1190. The monoisotopic (exact) mass is 431 g/mol. The standard InChI is InChI=1S/C21H23F2N5O3/c1-25(15-6-9-28-18(13-15)24-26(2)20(28)30)16-5-4-14(12-17(16)31-3)19(29)27-10-7-21(22,23)8-11-27/h4-6,9,12-13H,7-8,10-11H2,1-3H3. The van der Waals surface area contributed by atoms with Crippen molar-refractivity contribution < 1.29 is 18.3 Å². The summed E-state index contributed by atoms with van der Waals surface area (Å²) in [6, 6.07) is 8.58. The smallest absolute Gasteiger partial charge is 0.350 e. The summed E-state index contributed by atoms with van der Waals surface area (Å²) in [5.74, 6) is -2.53. The lowest BCUT2D eigenvalue weighted by molar-refractivity contribution is -0.0494. The number of fused-ring (bicyclic) bond motifs is 1. The van der Waals surface area contributed by atoms with Crippen LogP contribution in [0.5, 0.6) is 5.75 Å². The van der Waals surface area contributed by atoms with Gasteiger partial charge >= 0.3 is 5.69 Å². The average molecular weight is 431 g/mol. The molecule has 1 aromatic carbocycles. The predicted octanol–water partition coefficient (Wildman–Crippen LogP) is 2.68. The number of hydrogen-bond donors (Lipinski definition) is 0. The van der Waals surface area contributed by atoms with E-state index in [0.29, 0.717) is 22.6 Å². The number of aromatic nitrogens is 3. The summed E-state index contributed by atoms with van der Waals surface area (Å²) in [6.45, 7) is 0.0541. The first kappa shape index (κ1) is 20.8. The lowest BCUT2D eigenvalue weighted by Crippen LogP contribution is -2.42. The van der Waals surface area contributed by atoms with Gasteiger partial charge in [-0.1, -0.05) is 0 Å². The van der Waals surface area contributed by atoms with Gasteiger partial charge in [0, 0.05) is 63.5 Å². The zero-order chi connectivity index (χ0) is 22.3. The van der Waals surface area contributed by atoms with Gasteiger partial charge in [-0.25, -0.2) is 18.3 Å². The summed E-state index contributed by atoms with van der Waals surface area (Å²) in [5.41, 5.74) is 2.12. The fraction of sp³-hybridized carbons (Fsp3) is 0.381. The fourth-order valence-corrected chi connectivity index (χ4v) is 3.72. The number of methoxy groups -OCH3 is 1. The highest BCUT2D eigenvalue weighted by molar-refractivity contribution is 5.95. The number of hydrogen-bond acceptors (Lipinski definition) is 5. The van der Waals surface area contributed by atoms with Crippen LogP contribution in [0.3, 0.4) is 0 Å². The average Bonchev–Trinajstić information content (AvgIpc) is 3.05. The van der Waals surface area contributed by atoms with Crippen LogP contribution in [0.4, 0.5) is 20.2 Å². The number of pyridine rings is 1. The minimum atomic E-state index is -2.71. The molecule has 0 spiro atoms. The first-order valence-corrected chi connectivity index (χ1v) is 9.84. The van der Waals surface area contributed by atoms with Gasteiger partial charge in [-0.05, 0) is 24.3 Å². The number of alkyl halides is 2. The third-order valence-corrected chi connectivity index (χ3v) is 5.61. The Hall–Kier alpha value is -3.43. The van der Waals surface area contributed by atoms with Crippen molar-refractivity contribution in [3.63, 3.8) is 0 Å². The number of rotatable bonds is 4. The van der Waals surface area contributed by atoms with E-state index >= 15 is 0 Å². The van der Waals surface area contributed by atoms with E-state index in [1.807, 2.05) is 11.9 Å². The van der Waals surface area contributed by atoms with Crippen molar-refractivity contribution in [1.29, 1.82) is 0 Å². The van der Waals surface area contributed by atoms with Crippen LogP contribution in [0.2, 0.25) is 0 Å². The number of benzene rings is 1. The molecule has 1 aliphatic heterocycles. The van der Waals surface area contributed by atoms with Crippen molar-refractivity contribution in [2.45, 2.75) is 18.8 Å². The fourth-order valence-electron chi connectivity index (χ4n) is 3.72. The first-order valence-electron chi connectivity index (χ1n) is 9.84. The van der Waals surface area contributed by atoms with E-state index in [9.17, 15) is 18.4 Å². The number of aryl methyl sites for hydroxylation is 1. The van der Waals surface area contributed by atoms with Gasteiger partial charge in [0.15, 0.2) is 5.65 Å². The first-order chi connectivity index (χ1) is 14.7. The maximum Gasteiger partial charge on any atom is 0.350 e. The highest BCUT2D eigenvalue weighted by Crippen LogP contribution is 2.34. The molecule has 1 amide bonds. The third-order valence-electron chi connectivity index (χ3n) is 5.61. The number of nitrogens with zero attached hydrogens (tertiary/aromatic N) is 5. The van der Waals surface area contributed by atoms with Gasteiger partial charge in [-0.2, -0.15) is 5.10 Å². The molecule has 0 saturated carbocycles. The quantitative estimate of drug-likeness (QED) is 0.635. The van der Waals surface area contributed by atoms with Crippen LogP contribution in [0, 0.1) is 0 Å². The molecule has 0 bridgehead atoms. The minimum Gasteiger partial charge on any atom is -0.495 e. The molecule has 1 fully saturated rings. The zero-order valence-corrected chi connectivity index (χ0v) is 17.5. The van der Waals surface area contributed by atoms with Crippen molar-refractivity contribution >= 4 is 22.9 Å². The number of halogens is 2. The number of likely N-dealkylation sites (tertiary alicyclic amines) is 1. The molecule has 1 aliphatic rings. The van der Waals surface area contributed by atoms with Crippen molar-refractivity contribution in [2.24, 2.45) is 7.05 Å². The molecule has 0 radical (unpaired) electrons. The van der Waals surface area contributed by atoms with Crippen LogP contribution in [0.15, 0.2) is 41.3 Å². The highest BCUT2D eigenvalue weighted by atomic mass is 19.3. The molecule has 3 heterocycles. The summed E-state index contributed by atoms with van der Waals surface area (Å²) in [7, 11) is 4.92. The van der Waals surface area contributed by atoms with Crippen molar-refractivity contribution in [2.75, 3.05) is 32.1 Å². The maximum atomic E-state index is 13.4. The Morgan fingerprint density at radius 3 is 2.58 bits per heavy atom. The topological polar surface area (TPSA) is 72.1 Å². The van der Waals surface area contributed by atoms with Crippen molar-refractivity contribution in [3.05, 3.63) is 52.6 Å². The number of ether oxygens (including phenoxy) is 1. The van der Waals surface area contributed by atoms with Gasteiger partial charge in [0.2, 0.25) is 0 Å². The minimum absolute atomic E-state index is 0.0270. The maximum absolute atomic E-state index is 13.4. The molecule has 1 saturated heterocycles. The molecule has 31 heavy (non-hydrogen) atoms. The summed E-state index contributed by atoms with van der Waals surface area (Å²) >= 11 is 0. The molecule has 0 atom stereocenters. The molecule has 2 aromatic heterocycles. The van der Waals surface area contributed by atoms with Gasteiger partial charge in [0.05, 0.1) is 12.8 Å². The van der Waals surface area contributed by atoms with Crippen LogP contribution >= 0.6 is 0 Å². The molecule has 3 aromatic rings. The second-order valence-electron chi connectivity index (χ2n) is 7.61. The molecule has 4 rings (SSSR count). The summed E-state index contributed by atoms with van der Waals surface area (Å²) in [4.78, 5) is 28.1. The second-order valence-corrected chi connectivity index (χ2v) is 7.61. The van der Waals surface area contributed by atoms with E-state index < -0.39 is 5.92 Å². The molecule has 0 aliphatic carbocycles. The Labute approximate surface area is 177 Å². The van der Waals surface area contributed by atoms with E-state index in [1.165, 1.54) is 21.1 Å². The molecule has 8 nitrogen and oxygen atoms in total. The van der Waals surface area contributed by atoms with Crippen LogP contribution in [0.25, 0.3) is 5.65 Å². The number of carbonyl (C=O) groups excluding carboxylic acids is 1. The Morgan fingerprint density at radius 2 is 1.90 bits per heavy atom. The summed E-state index contributed by atoms with van der Waals surface area (Å²) < 4.78 is 35.0. The van der Waals surface area contributed by atoms with Crippen LogP contribution < -0.4 is 15.3 Å². The third kappa shape index (κ3) is 3.85. The Balaban J connectivity index is 1.60. The van der Waals surface area contributed by atoms with Crippen LogP contribution in [0.1, 0.15) is 23.2 Å². The van der Waals surface area contributed by atoms with Gasteiger partial charge in [-0.3, -0.25) is 9.20 Å². The molecule has 164 valence electrons. The predicted molar refractivity (Wildman–Crippen MR) is 112 cm³/mol. The van der Waals surface area contributed by atoms with E-state index in [0.717, 1.165) is 5.69 Å². The lowest BCUT2D eigenvalue weighted by atomic mass is 10.0. The normalized spacial score (nSPS) is 15.8. The number of amides is 1. The van der Waals surface area contributed by atoms with Gasteiger partial charge < -0.3 is 14.5 Å². The largest absolute Gasteiger partial charge is 0.495 e. The Kier molecular flexibility index (Phi) is 5.16. The lowest BCUT2D eigenvalue weighted by Gasteiger charge is -2.32. The van der Waals surface area contributed by atoms with Crippen molar-refractivity contribution in [3.8, 4) is 5.75 Å². The van der Waals surface area contributed by atoms with Crippen molar-refractivity contribution in [1.82, 2.24) is 19.1 Å². The number of piperidine rings is 1. The van der Waals surface area contributed by atoms with Gasteiger partial charge in [-0.15, -0.1) is 0 Å². The summed E-state index contributed by atoms with van der Waals surface area (Å²) in [5, 5.41) is 4.20. The Morgan fingerprint density at radius 1 is 1.19 bits per heavy atom. The van der Waals surface area contributed by atoms with Gasteiger partial charge in [0.1, 0.15) is 5.75 Å². The van der Waals surface area contributed by atoms with Crippen LogP contribution in [-0.2, 0) is 7.05 Å². The summed E-state index contributed by atoms with van der Waals surface area (Å²) in [6.07, 6.45) is 0.999. The number of anilines is 2. The SMILES string of the molecule is COc1cc(C(=O)N2CCC(F)(F)CC2)ccc1N(C)c1ccn2c(=O)n(C)nc2c1. The molecule has 0 unspecified atom stereocenters. The van der Waals surface area contributed by atoms with E-state index in [2.05, 4.69) is 5.10 Å². The zero-order valence-electron chi connectivity index (χ0n) is 17.5. The van der Waals surface area contributed by atoms with E-state index in [4.69, 9.17) is 4.74 Å². The highest BCUT2D eigenvalue weighted by Gasteiger charge is 2.35. The second kappa shape index (κ2) is 7.68. The van der Waals surface area contributed by atoms with E-state index in [1.54, 1.807) is 43.6 Å². The molecular formula is C21H23F2N5O3.